The number of aryl methyl sites for hydroxylation is 1. The van der Waals surface area contributed by atoms with Gasteiger partial charge in [-0.05, 0) is 41.6 Å². The zero-order valence-corrected chi connectivity index (χ0v) is 18.4. The molecule has 2 N–H and O–H groups in total. The first-order chi connectivity index (χ1) is 14.9. The molecular formula is C24H26N2O4S. The minimum absolute atomic E-state index is 0.235. The molecule has 0 fully saturated rings. The van der Waals surface area contributed by atoms with Gasteiger partial charge in [0.05, 0.1) is 17.5 Å². The van der Waals surface area contributed by atoms with E-state index in [2.05, 4.69) is 11.9 Å². The van der Waals surface area contributed by atoms with E-state index in [9.17, 15) is 14.7 Å². The van der Waals surface area contributed by atoms with Crippen LogP contribution in [0.1, 0.15) is 64.9 Å². The number of rotatable bonds is 10. The molecule has 0 aliphatic heterocycles. The lowest BCUT2D eigenvalue weighted by atomic mass is 9.98. The Kier molecular flexibility index (Phi) is 7.41. The molecule has 0 aliphatic carbocycles. The highest BCUT2D eigenvalue weighted by molar-refractivity contribution is 7.10. The Labute approximate surface area is 185 Å². The number of aromatic nitrogens is 2. The van der Waals surface area contributed by atoms with Gasteiger partial charge in [-0.1, -0.05) is 38.5 Å². The third kappa shape index (κ3) is 5.49. The average molecular weight is 439 g/mol. The van der Waals surface area contributed by atoms with E-state index in [4.69, 9.17) is 5.11 Å². The summed E-state index contributed by atoms with van der Waals surface area (Å²) in [5.74, 6) is -1.26. The third-order valence-corrected chi connectivity index (χ3v) is 6.31. The van der Waals surface area contributed by atoms with E-state index in [0.29, 0.717) is 12.1 Å². The van der Waals surface area contributed by atoms with Crippen LogP contribution in [0.5, 0.6) is 0 Å². The summed E-state index contributed by atoms with van der Waals surface area (Å²) in [6.45, 7) is 4.50. The number of unbranched alkanes of at least 4 members (excludes halogenated alkanes) is 1. The fraction of sp³-hybridized carbons (Fsp3) is 0.292. The van der Waals surface area contributed by atoms with Crippen molar-refractivity contribution in [2.45, 2.75) is 45.6 Å². The van der Waals surface area contributed by atoms with Crippen molar-refractivity contribution in [3.05, 3.63) is 81.1 Å². The van der Waals surface area contributed by atoms with Gasteiger partial charge >= 0.3 is 11.9 Å². The van der Waals surface area contributed by atoms with Gasteiger partial charge in [0.15, 0.2) is 0 Å². The van der Waals surface area contributed by atoms with Crippen LogP contribution in [0.25, 0.3) is 6.08 Å². The van der Waals surface area contributed by atoms with Gasteiger partial charge in [0.1, 0.15) is 5.82 Å². The summed E-state index contributed by atoms with van der Waals surface area (Å²) in [7, 11) is 0. The van der Waals surface area contributed by atoms with Crippen molar-refractivity contribution in [2.75, 3.05) is 0 Å². The number of hydrogen-bond donors (Lipinski definition) is 2. The van der Waals surface area contributed by atoms with Gasteiger partial charge in [-0.3, -0.25) is 0 Å². The SMILES string of the molecule is CCCCc1ncc(/C=C(/C(=O)O)C(C)c2cccs2)n1Cc1ccc(C(=O)O)cc1. The summed E-state index contributed by atoms with van der Waals surface area (Å²) >= 11 is 1.54. The summed E-state index contributed by atoms with van der Waals surface area (Å²) in [4.78, 5) is 28.7. The van der Waals surface area contributed by atoms with Crippen LogP contribution in [-0.4, -0.2) is 31.7 Å². The van der Waals surface area contributed by atoms with Crippen molar-refractivity contribution in [3.8, 4) is 0 Å². The predicted octanol–water partition coefficient (Wildman–Crippen LogP) is 5.31. The Hall–Kier alpha value is -3.19. The van der Waals surface area contributed by atoms with Crippen LogP contribution in [0.15, 0.2) is 53.5 Å². The molecule has 1 unspecified atom stereocenters. The number of nitrogens with zero attached hydrogens (tertiary/aromatic N) is 2. The number of aliphatic carboxylic acids is 1. The highest BCUT2D eigenvalue weighted by Crippen LogP contribution is 2.29. The van der Waals surface area contributed by atoms with E-state index in [1.807, 2.05) is 29.0 Å². The summed E-state index contributed by atoms with van der Waals surface area (Å²) in [6.07, 6.45) is 6.23. The Morgan fingerprint density at radius 1 is 1.19 bits per heavy atom. The number of imidazole rings is 1. The molecule has 6 nitrogen and oxygen atoms in total. The quantitative estimate of drug-likeness (QED) is 0.419. The fourth-order valence-electron chi connectivity index (χ4n) is 3.42. The van der Waals surface area contributed by atoms with Crippen molar-refractivity contribution < 1.29 is 19.8 Å². The highest BCUT2D eigenvalue weighted by Gasteiger charge is 2.20. The maximum Gasteiger partial charge on any atom is 0.335 e. The monoisotopic (exact) mass is 438 g/mol. The number of thiophene rings is 1. The van der Waals surface area contributed by atoms with Crippen molar-refractivity contribution in [1.82, 2.24) is 9.55 Å². The van der Waals surface area contributed by atoms with Gasteiger partial charge in [-0.2, -0.15) is 0 Å². The second-order valence-corrected chi connectivity index (χ2v) is 8.41. The minimum Gasteiger partial charge on any atom is -0.478 e. The Balaban J connectivity index is 1.99. The topological polar surface area (TPSA) is 92.4 Å². The first-order valence-corrected chi connectivity index (χ1v) is 11.1. The molecule has 0 bridgehead atoms. The van der Waals surface area contributed by atoms with E-state index in [0.717, 1.165) is 41.2 Å². The van der Waals surface area contributed by atoms with Gasteiger partial charge < -0.3 is 14.8 Å². The highest BCUT2D eigenvalue weighted by atomic mass is 32.1. The lowest BCUT2D eigenvalue weighted by molar-refractivity contribution is -0.132. The molecule has 7 heteroatoms. The Morgan fingerprint density at radius 2 is 1.94 bits per heavy atom. The Morgan fingerprint density at radius 3 is 2.52 bits per heavy atom. The van der Waals surface area contributed by atoms with Crippen LogP contribution >= 0.6 is 11.3 Å². The molecule has 0 aliphatic rings. The van der Waals surface area contributed by atoms with Crippen molar-refractivity contribution in [3.63, 3.8) is 0 Å². The second kappa shape index (κ2) is 10.2. The zero-order valence-electron chi connectivity index (χ0n) is 17.6. The fourth-order valence-corrected chi connectivity index (χ4v) is 4.22. The van der Waals surface area contributed by atoms with E-state index >= 15 is 0 Å². The molecule has 0 saturated carbocycles. The smallest absolute Gasteiger partial charge is 0.335 e. The van der Waals surface area contributed by atoms with Crippen molar-refractivity contribution in [1.29, 1.82) is 0 Å². The normalized spacial score (nSPS) is 12.6. The molecule has 0 amide bonds. The summed E-state index contributed by atoms with van der Waals surface area (Å²) in [5.41, 5.74) is 2.21. The Bertz CT molecular complexity index is 1070. The van der Waals surface area contributed by atoms with Crippen molar-refractivity contribution >= 4 is 29.4 Å². The van der Waals surface area contributed by atoms with Crippen LogP contribution in [0.4, 0.5) is 0 Å². The third-order valence-electron chi connectivity index (χ3n) is 5.25. The average Bonchev–Trinajstić information content (AvgIpc) is 3.41. The molecule has 2 heterocycles. The maximum atomic E-state index is 12.0. The predicted molar refractivity (Wildman–Crippen MR) is 122 cm³/mol. The zero-order chi connectivity index (χ0) is 22.4. The largest absolute Gasteiger partial charge is 0.478 e. The van der Waals surface area contributed by atoms with Crippen LogP contribution in [0, 0.1) is 0 Å². The molecule has 1 aromatic carbocycles. The van der Waals surface area contributed by atoms with E-state index in [1.165, 1.54) is 11.3 Å². The van der Waals surface area contributed by atoms with Gasteiger partial charge in [0, 0.05) is 29.3 Å². The van der Waals surface area contributed by atoms with Crippen LogP contribution in [-0.2, 0) is 17.8 Å². The molecule has 3 rings (SSSR count). The summed E-state index contributed by atoms with van der Waals surface area (Å²) in [5, 5.41) is 20.9. The number of hydrogen-bond acceptors (Lipinski definition) is 4. The molecule has 0 radical (unpaired) electrons. The molecule has 162 valence electrons. The van der Waals surface area contributed by atoms with Crippen LogP contribution in [0.2, 0.25) is 0 Å². The molecule has 31 heavy (non-hydrogen) atoms. The number of carbonyl (C=O) groups is 2. The molecule has 3 aromatic rings. The summed E-state index contributed by atoms with van der Waals surface area (Å²) in [6, 6.07) is 10.6. The number of carboxylic acid groups (broad SMARTS) is 2. The maximum absolute atomic E-state index is 12.0. The number of benzene rings is 1. The van der Waals surface area contributed by atoms with Crippen LogP contribution < -0.4 is 0 Å². The van der Waals surface area contributed by atoms with E-state index < -0.39 is 11.9 Å². The lowest BCUT2D eigenvalue weighted by Gasteiger charge is -2.14. The van der Waals surface area contributed by atoms with Gasteiger partial charge in [0.25, 0.3) is 0 Å². The summed E-state index contributed by atoms with van der Waals surface area (Å²) < 4.78 is 2.02. The number of aromatic carboxylic acids is 1. The van der Waals surface area contributed by atoms with E-state index in [1.54, 1.807) is 36.5 Å². The molecule has 0 saturated heterocycles. The number of carboxylic acids is 2. The standard InChI is InChI=1S/C24H26N2O4S/c1-3-4-7-22-25-14-19(13-20(24(29)30)16(2)21-6-5-12-31-21)26(22)15-17-8-10-18(11-9-17)23(27)28/h5-6,8-14,16H,3-4,7,15H2,1-2H3,(H,27,28)(H,29,30)/b20-13+. The van der Waals surface area contributed by atoms with Gasteiger partial charge in [0.2, 0.25) is 0 Å². The molecule has 1 atom stereocenters. The second-order valence-electron chi connectivity index (χ2n) is 7.43. The molecule has 2 aromatic heterocycles. The van der Waals surface area contributed by atoms with E-state index in [-0.39, 0.29) is 11.5 Å². The van der Waals surface area contributed by atoms with Crippen molar-refractivity contribution in [2.24, 2.45) is 0 Å². The van der Waals surface area contributed by atoms with Crippen LogP contribution in [0.3, 0.4) is 0 Å². The molecular weight excluding hydrogens is 412 g/mol. The lowest BCUT2D eigenvalue weighted by Crippen LogP contribution is -2.11. The minimum atomic E-state index is -0.963. The first kappa shape index (κ1) is 22.5. The van der Waals surface area contributed by atoms with Gasteiger partial charge in [-0.15, -0.1) is 11.3 Å². The molecule has 0 spiro atoms. The van der Waals surface area contributed by atoms with Gasteiger partial charge in [-0.25, -0.2) is 14.6 Å². The first-order valence-electron chi connectivity index (χ1n) is 10.3.